The Balaban J connectivity index is 2.21. The zero-order chi connectivity index (χ0) is 10.9. The summed E-state index contributed by atoms with van der Waals surface area (Å²) in [6, 6.07) is 0.425. The monoisotopic (exact) mass is 206 g/mol. The van der Waals surface area contributed by atoms with Crippen molar-refractivity contribution in [2.45, 2.75) is 51.5 Å². The molecule has 0 N–H and O–H groups in total. The maximum atomic E-state index is 4.06. The first-order valence-electron chi connectivity index (χ1n) is 5.98. The van der Waals surface area contributed by atoms with Gasteiger partial charge in [-0.25, -0.2) is 4.98 Å². The van der Waals surface area contributed by atoms with Gasteiger partial charge in [0.05, 0.1) is 12.4 Å². The van der Waals surface area contributed by atoms with Crippen molar-refractivity contribution in [3.8, 4) is 0 Å². The van der Waals surface area contributed by atoms with Crippen molar-refractivity contribution in [3.05, 3.63) is 31.4 Å². The fourth-order valence-electron chi connectivity index (χ4n) is 1.81. The van der Waals surface area contributed by atoms with Gasteiger partial charge in [0.1, 0.15) is 0 Å². The Bertz CT molecular complexity index is 252. The topological polar surface area (TPSA) is 17.8 Å². The summed E-state index contributed by atoms with van der Waals surface area (Å²) in [6.45, 7) is 6.13. The highest BCUT2D eigenvalue weighted by molar-refractivity contribution is 4.89. The van der Waals surface area contributed by atoms with Crippen LogP contribution in [0.15, 0.2) is 31.4 Å². The van der Waals surface area contributed by atoms with E-state index in [2.05, 4.69) is 23.1 Å². The predicted molar refractivity (Wildman–Crippen MR) is 64.8 cm³/mol. The first-order chi connectivity index (χ1) is 7.38. The van der Waals surface area contributed by atoms with Crippen LogP contribution in [0.1, 0.15) is 51.5 Å². The minimum Gasteiger partial charge on any atom is -0.331 e. The van der Waals surface area contributed by atoms with Crippen molar-refractivity contribution in [2.75, 3.05) is 0 Å². The van der Waals surface area contributed by atoms with Crippen LogP contribution < -0.4 is 0 Å². The second kappa shape index (κ2) is 7.27. The molecule has 0 aliphatic carbocycles. The van der Waals surface area contributed by atoms with Gasteiger partial charge in [-0.2, -0.15) is 0 Å². The van der Waals surface area contributed by atoms with Crippen LogP contribution in [-0.2, 0) is 0 Å². The lowest BCUT2D eigenvalue weighted by atomic mass is 10.1. The molecule has 15 heavy (non-hydrogen) atoms. The predicted octanol–water partition coefficient (Wildman–Crippen LogP) is 3.97. The van der Waals surface area contributed by atoms with E-state index in [9.17, 15) is 0 Å². The lowest BCUT2D eigenvalue weighted by Gasteiger charge is -2.13. The van der Waals surface area contributed by atoms with Gasteiger partial charge in [0.15, 0.2) is 0 Å². The molecule has 1 unspecified atom stereocenters. The van der Waals surface area contributed by atoms with Crippen molar-refractivity contribution in [2.24, 2.45) is 0 Å². The summed E-state index contributed by atoms with van der Waals surface area (Å²) in [5, 5.41) is 0. The van der Waals surface area contributed by atoms with Crippen LogP contribution >= 0.6 is 0 Å². The van der Waals surface area contributed by atoms with Crippen molar-refractivity contribution in [1.29, 1.82) is 0 Å². The Morgan fingerprint density at radius 1 is 1.33 bits per heavy atom. The summed E-state index contributed by atoms with van der Waals surface area (Å²) in [4.78, 5) is 4.06. The highest BCUT2D eigenvalue weighted by Crippen LogP contribution is 2.17. The van der Waals surface area contributed by atoms with Crippen LogP contribution in [0, 0.1) is 0 Å². The molecule has 0 spiro atoms. The van der Waals surface area contributed by atoms with Crippen molar-refractivity contribution in [3.63, 3.8) is 0 Å². The van der Waals surface area contributed by atoms with Gasteiger partial charge in [-0.05, 0) is 6.42 Å². The molecule has 0 aliphatic rings. The Morgan fingerprint density at radius 2 is 2.13 bits per heavy atom. The zero-order valence-corrected chi connectivity index (χ0v) is 9.73. The number of imidazole rings is 1. The van der Waals surface area contributed by atoms with Crippen LogP contribution in [0.2, 0.25) is 0 Å². The second-order valence-electron chi connectivity index (χ2n) is 4.02. The molecule has 0 radical (unpaired) electrons. The van der Waals surface area contributed by atoms with E-state index in [1.54, 1.807) is 0 Å². The number of hydrogen-bond acceptors (Lipinski definition) is 1. The minimum atomic E-state index is 0.425. The van der Waals surface area contributed by atoms with Gasteiger partial charge in [-0.15, -0.1) is 6.58 Å². The molecule has 84 valence electrons. The SMILES string of the molecule is C=CC(CCCCCCC)n1ccnc1. The lowest BCUT2D eigenvalue weighted by Crippen LogP contribution is -2.03. The first kappa shape index (κ1) is 12.0. The van der Waals surface area contributed by atoms with Crippen LogP contribution in [0.5, 0.6) is 0 Å². The average molecular weight is 206 g/mol. The molecule has 1 heterocycles. The highest BCUT2D eigenvalue weighted by Gasteiger charge is 2.04. The summed E-state index contributed by atoms with van der Waals surface area (Å²) in [6.07, 6.45) is 15.6. The molecule has 1 rings (SSSR count). The number of unbranched alkanes of at least 4 members (excludes halogenated alkanes) is 4. The van der Waals surface area contributed by atoms with Crippen LogP contribution in [0.4, 0.5) is 0 Å². The molecule has 0 aliphatic heterocycles. The number of hydrogen-bond donors (Lipinski definition) is 0. The minimum absolute atomic E-state index is 0.425. The largest absolute Gasteiger partial charge is 0.331 e. The molecular weight excluding hydrogens is 184 g/mol. The van der Waals surface area contributed by atoms with Crippen LogP contribution in [0.3, 0.4) is 0 Å². The average Bonchev–Trinajstić information content (AvgIpc) is 2.77. The fraction of sp³-hybridized carbons (Fsp3) is 0.615. The number of allylic oxidation sites excluding steroid dienone is 1. The van der Waals surface area contributed by atoms with E-state index in [0.29, 0.717) is 6.04 Å². The van der Waals surface area contributed by atoms with E-state index in [-0.39, 0.29) is 0 Å². The molecule has 1 aromatic heterocycles. The standard InChI is InChI=1S/C13H22N2/c1-3-5-6-7-8-9-13(4-2)15-11-10-14-12-15/h4,10-13H,2-3,5-9H2,1H3. The molecule has 1 aromatic rings. The molecule has 2 heteroatoms. The van der Waals surface area contributed by atoms with E-state index in [1.807, 2.05) is 24.8 Å². The van der Waals surface area contributed by atoms with Crippen LogP contribution in [-0.4, -0.2) is 9.55 Å². The van der Waals surface area contributed by atoms with Crippen molar-refractivity contribution < 1.29 is 0 Å². The quantitative estimate of drug-likeness (QED) is 0.465. The third-order valence-electron chi connectivity index (χ3n) is 2.78. The van der Waals surface area contributed by atoms with Crippen LogP contribution in [0.25, 0.3) is 0 Å². The fourth-order valence-corrected chi connectivity index (χ4v) is 1.81. The van der Waals surface area contributed by atoms with Gasteiger partial charge in [0, 0.05) is 12.4 Å². The van der Waals surface area contributed by atoms with Gasteiger partial charge < -0.3 is 4.57 Å². The van der Waals surface area contributed by atoms with E-state index < -0.39 is 0 Å². The van der Waals surface area contributed by atoms with Gasteiger partial charge in [0.25, 0.3) is 0 Å². The van der Waals surface area contributed by atoms with Gasteiger partial charge in [-0.1, -0.05) is 45.1 Å². The van der Waals surface area contributed by atoms with Gasteiger partial charge >= 0.3 is 0 Å². The Kier molecular flexibility index (Phi) is 5.83. The molecule has 2 nitrogen and oxygen atoms in total. The summed E-state index contributed by atoms with van der Waals surface area (Å²) >= 11 is 0. The molecule has 0 saturated heterocycles. The van der Waals surface area contributed by atoms with Crippen molar-refractivity contribution in [1.82, 2.24) is 9.55 Å². The molecule has 0 saturated carbocycles. The van der Waals surface area contributed by atoms with E-state index >= 15 is 0 Å². The van der Waals surface area contributed by atoms with E-state index in [1.165, 1.54) is 38.5 Å². The second-order valence-corrected chi connectivity index (χ2v) is 4.02. The summed E-state index contributed by atoms with van der Waals surface area (Å²) in [7, 11) is 0. The maximum absolute atomic E-state index is 4.06. The van der Waals surface area contributed by atoms with Crippen molar-refractivity contribution >= 4 is 0 Å². The van der Waals surface area contributed by atoms with E-state index in [4.69, 9.17) is 0 Å². The number of nitrogens with zero attached hydrogens (tertiary/aromatic N) is 2. The zero-order valence-electron chi connectivity index (χ0n) is 9.73. The number of rotatable bonds is 8. The third-order valence-corrected chi connectivity index (χ3v) is 2.78. The Morgan fingerprint density at radius 3 is 2.73 bits per heavy atom. The third kappa shape index (κ3) is 4.32. The Hall–Kier alpha value is -1.05. The molecule has 0 amide bonds. The molecule has 1 atom stereocenters. The van der Waals surface area contributed by atoms with Gasteiger partial charge in [-0.3, -0.25) is 0 Å². The normalized spacial score (nSPS) is 12.6. The number of aromatic nitrogens is 2. The first-order valence-corrected chi connectivity index (χ1v) is 5.98. The highest BCUT2D eigenvalue weighted by atomic mass is 15.0. The summed E-state index contributed by atoms with van der Waals surface area (Å²) in [5.74, 6) is 0. The smallest absolute Gasteiger partial charge is 0.0951 e. The molecule has 0 fully saturated rings. The molecular formula is C13H22N2. The summed E-state index contributed by atoms with van der Waals surface area (Å²) < 4.78 is 2.13. The van der Waals surface area contributed by atoms with E-state index in [0.717, 1.165) is 0 Å². The molecule has 0 bridgehead atoms. The van der Waals surface area contributed by atoms with Gasteiger partial charge in [0.2, 0.25) is 0 Å². The maximum Gasteiger partial charge on any atom is 0.0951 e. The lowest BCUT2D eigenvalue weighted by molar-refractivity contribution is 0.507. The summed E-state index contributed by atoms with van der Waals surface area (Å²) in [5.41, 5.74) is 0. The molecule has 0 aromatic carbocycles. The Labute approximate surface area is 93.0 Å².